The average Bonchev–Trinajstić information content (AvgIpc) is 2.12. The molecule has 0 fully saturated rings. The van der Waals surface area contributed by atoms with Crippen LogP contribution in [-0.2, 0) is 4.74 Å². The Labute approximate surface area is 72.5 Å². The van der Waals surface area contributed by atoms with Crippen molar-refractivity contribution in [1.29, 1.82) is 0 Å². The lowest BCUT2D eigenvalue weighted by Gasteiger charge is -2.29. The Bertz CT molecular complexity index is 245. The van der Waals surface area contributed by atoms with E-state index in [1.54, 1.807) is 0 Å². The van der Waals surface area contributed by atoms with E-state index in [1.165, 1.54) is 0 Å². The zero-order valence-corrected chi connectivity index (χ0v) is 7.50. The summed E-state index contributed by atoms with van der Waals surface area (Å²) < 4.78 is 5.57. The van der Waals surface area contributed by atoms with Crippen molar-refractivity contribution in [3.63, 3.8) is 0 Å². The molecule has 1 unspecified atom stereocenters. The van der Waals surface area contributed by atoms with Crippen molar-refractivity contribution in [3.05, 3.63) is 11.6 Å². The van der Waals surface area contributed by atoms with Gasteiger partial charge in [-0.25, -0.2) is 4.99 Å². The molecule has 1 N–H and O–H groups in total. The molecule has 0 aromatic rings. The van der Waals surface area contributed by atoms with Crippen LogP contribution in [0.5, 0.6) is 0 Å². The molecule has 0 amide bonds. The Morgan fingerprint density at radius 3 is 3.25 bits per heavy atom. The maximum Gasteiger partial charge on any atom is 0.164 e. The van der Waals surface area contributed by atoms with Gasteiger partial charge in [-0.05, 0) is 0 Å². The molecule has 3 heteroatoms. The van der Waals surface area contributed by atoms with Crippen LogP contribution in [0.25, 0.3) is 0 Å². The van der Waals surface area contributed by atoms with E-state index in [4.69, 9.17) is 4.74 Å². The fourth-order valence-electron chi connectivity index (χ4n) is 1.50. The molecule has 3 nitrogen and oxygen atoms in total. The second-order valence-corrected chi connectivity index (χ2v) is 3.41. The summed E-state index contributed by atoms with van der Waals surface area (Å²) in [6.45, 7) is 5.98. The Morgan fingerprint density at radius 2 is 2.42 bits per heavy atom. The van der Waals surface area contributed by atoms with Crippen LogP contribution >= 0.6 is 0 Å². The molecule has 0 aromatic heterocycles. The van der Waals surface area contributed by atoms with E-state index in [0.717, 1.165) is 24.7 Å². The van der Waals surface area contributed by atoms with Gasteiger partial charge in [-0.2, -0.15) is 0 Å². The molecule has 2 atom stereocenters. The molecular formula is C9H14N2O. The van der Waals surface area contributed by atoms with E-state index < -0.39 is 0 Å². The zero-order chi connectivity index (χ0) is 8.55. The van der Waals surface area contributed by atoms with E-state index in [-0.39, 0.29) is 0 Å². The second-order valence-electron chi connectivity index (χ2n) is 3.41. The number of nitrogens with one attached hydrogen (secondary N) is 1. The van der Waals surface area contributed by atoms with Crippen LogP contribution < -0.4 is 5.32 Å². The molecule has 2 heterocycles. The molecule has 0 saturated heterocycles. The van der Waals surface area contributed by atoms with Gasteiger partial charge in [0, 0.05) is 18.1 Å². The third kappa shape index (κ3) is 1.09. The van der Waals surface area contributed by atoms with Crippen molar-refractivity contribution in [2.24, 2.45) is 16.8 Å². The van der Waals surface area contributed by atoms with E-state index >= 15 is 0 Å². The molecular weight excluding hydrogens is 152 g/mol. The lowest BCUT2D eigenvalue weighted by Crippen LogP contribution is -2.32. The molecule has 2 rings (SSSR count). The SMILES string of the molecule is CC1C2=C(N=C[C@@H]1C)NCCO2. The van der Waals surface area contributed by atoms with Gasteiger partial charge in [-0.15, -0.1) is 0 Å². The maximum atomic E-state index is 5.57. The van der Waals surface area contributed by atoms with Crippen LogP contribution in [0.3, 0.4) is 0 Å². The number of hydrogen-bond donors (Lipinski definition) is 1. The van der Waals surface area contributed by atoms with Crippen molar-refractivity contribution in [2.75, 3.05) is 13.2 Å². The summed E-state index contributed by atoms with van der Waals surface area (Å²) in [6, 6.07) is 0. The van der Waals surface area contributed by atoms with Gasteiger partial charge in [0.25, 0.3) is 0 Å². The van der Waals surface area contributed by atoms with Crippen LogP contribution in [0.15, 0.2) is 16.6 Å². The number of rotatable bonds is 0. The van der Waals surface area contributed by atoms with Gasteiger partial charge in [0.2, 0.25) is 0 Å². The molecule has 2 aliphatic rings. The van der Waals surface area contributed by atoms with E-state index in [1.807, 2.05) is 6.21 Å². The van der Waals surface area contributed by atoms with Crippen molar-refractivity contribution < 1.29 is 4.74 Å². The van der Waals surface area contributed by atoms with E-state index in [9.17, 15) is 0 Å². The normalized spacial score (nSPS) is 33.8. The standard InChI is InChI=1S/C9H14N2O/c1-6-5-11-9-8(7(6)2)12-4-3-10-9/h5-7,10H,3-4H2,1-2H3/t6-,7?/m0/s1. The summed E-state index contributed by atoms with van der Waals surface area (Å²) in [4.78, 5) is 4.30. The Morgan fingerprint density at radius 1 is 1.58 bits per heavy atom. The largest absolute Gasteiger partial charge is 0.492 e. The van der Waals surface area contributed by atoms with Crippen LogP contribution in [0, 0.1) is 11.8 Å². The summed E-state index contributed by atoms with van der Waals surface area (Å²) in [7, 11) is 0. The molecule has 0 aromatic carbocycles. The summed E-state index contributed by atoms with van der Waals surface area (Å²) in [5.41, 5.74) is 0. The number of hydrogen-bond acceptors (Lipinski definition) is 3. The van der Waals surface area contributed by atoms with Crippen molar-refractivity contribution in [3.8, 4) is 0 Å². The lowest BCUT2D eigenvalue weighted by atomic mass is 9.93. The first-order valence-electron chi connectivity index (χ1n) is 4.44. The zero-order valence-electron chi connectivity index (χ0n) is 7.50. The second kappa shape index (κ2) is 2.81. The van der Waals surface area contributed by atoms with Crippen LogP contribution in [0.4, 0.5) is 0 Å². The summed E-state index contributed by atoms with van der Waals surface area (Å²) in [5.74, 6) is 2.93. The van der Waals surface area contributed by atoms with Gasteiger partial charge in [-0.3, -0.25) is 0 Å². The first kappa shape index (κ1) is 7.65. The quantitative estimate of drug-likeness (QED) is 0.585. The van der Waals surface area contributed by atoms with Gasteiger partial charge in [-0.1, -0.05) is 13.8 Å². The molecule has 0 saturated carbocycles. The Hall–Kier alpha value is -0.990. The molecule has 0 aliphatic carbocycles. The molecule has 0 bridgehead atoms. The van der Waals surface area contributed by atoms with Crippen LogP contribution in [0.1, 0.15) is 13.8 Å². The molecule has 0 spiro atoms. The van der Waals surface area contributed by atoms with Gasteiger partial charge in [0.15, 0.2) is 5.82 Å². The molecule has 12 heavy (non-hydrogen) atoms. The Balaban J connectivity index is 2.28. The fraction of sp³-hybridized carbons (Fsp3) is 0.667. The highest BCUT2D eigenvalue weighted by Crippen LogP contribution is 2.27. The first-order valence-corrected chi connectivity index (χ1v) is 4.44. The number of allylic oxidation sites excluding steroid dienone is 1. The van der Waals surface area contributed by atoms with Gasteiger partial charge in [0.1, 0.15) is 12.4 Å². The number of aliphatic imine (C=N–C) groups is 1. The van der Waals surface area contributed by atoms with Crippen LogP contribution in [-0.4, -0.2) is 19.4 Å². The third-order valence-corrected chi connectivity index (χ3v) is 2.53. The maximum absolute atomic E-state index is 5.57. The minimum Gasteiger partial charge on any atom is -0.492 e. The summed E-state index contributed by atoms with van der Waals surface area (Å²) in [6.07, 6.45) is 1.99. The molecule has 0 radical (unpaired) electrons. The fourth-order valence-corrected chi connectivity index (χ4v) is 1.50. The lowest BCUT2D eigenvalue weighted by molar-refractivity contribution is 0.149. The minimum absolute atomic E-state index is 0.463. The minimum atomic E-state index is 0.463. The predicted molar refractivity (Wildman–Crippen MR) is 47.8 cm³/mol. The summed E-state index contributed by atoms with van der Waals surface area (Å²) in [5, 5.41) is 3.23. The highest BCUT2D eigenvalue weighted by Gasteiger charge is 2.26. The predicted octanol–water partition coefficient (Wildman–Crippen LogP) is 1.13. The van der Waals surface area contributed by atoms with Crippen LogP contribution in [0.2, 0.25) is 0 Å². The van der Waals surface area contributed by atoms with E-state index in [2.05, 4.69) is 24.2 Å². The third-order valence-electron chi connectivity index (χ3n) is 2.53. The van der Waals surface area contributed by atoms with Gasteiger partial charge >= 0.3 is 0 Å². The molecule has 66 valence electrons. The molecule has 2 aliphatic heterocycles. The van der Waals surface area contributed by atoms with Crippen molar-refractivity contribution in [1.82, 2.24) is 5.32 Å². The topological polar surface area (TPSA) is 33.6 Å². The van der Waals surface area contributed by atoms with Crippen molar-refractivity contribution in [2.45, 2.75) is 13.8 Å². The highest BCUT2D eigenvalue weighted by molar-refractivity contribution is 5.64. The number of ether oxygens (including phenoxy) is 1. The smallest absolute Gasteiger partial charge is 0.164 e. The summed E-state index contributed by atoms with van der Waals surface area (Å²) >= 11 is 0. The average molecular weight is 166 g/mol. The van der Waals surface area contributed by atoms with Crippen molar-refractivity contribution >= 4 is 6.21 Å². The first-order chi connectivity index (χ1) is 5.79. The Kier molecular flexibility index (Phi) is 1.79. The van der Waals surface area contributed by atoms with Gasteiger partial charge < -0.3 is 10.1 Å². The number of nitrogens with zero attached hydrogens (tertiary/aromatic N) is 1. The highest BCUT2D eigenvalue weighted by atomic mass is 16.5. The van der Waals surface area contributed by atoms with Gasteiger partial charge in [0.05, 0.1) is 6.54 Å². The van der Waals surface area contributed by atoms with E-state index in [0.29, 0.717) is 11.8 Å². The monoisotopic (exact) mass is 166 g/mol.